The standard InChI is InChI=1S/C9H13N3O6/c13-2-4-5(14)6(15)7(18-4)3-1-10-9(16)11-8(3)12-17/h1,4-7,13-15,17H,2H2,(H2,10,11,12,16). The Hall–Kier alpha value is -1.52. The highest BCUT2D eigenvalue weighted by Crippen LogP contribution is 2.35. The minimum absolute atomic E-state index is 0.166. The van der Waals surface area contributed by atoms with E-state index in [9.17, 15) is 15.0 Å². The molecule has 0 bridgehead atoms. The van der Waals surface area contributed by atoms with Crippen LogP contribution in [0.2, 0.25) is 0 Å². The fraction of sp³-hybridized carbons (Fsp3) is 0.556. The molecule has 18 heavy (non-hydrogen) atoms. The first-order valence-electron chi connectivity index (χ1n) is 5.20. The molecule has 100 valence electrons. The van der Waals surface area contributed by atoms with E-state index in [1.54, 1.807) is 5.48 Å². The Kier molecular flexibility index (Phi) is 3.59. The van der Waals surface area contributed by atoms with E-state index in [0.717, 1.165) is 0 Å². The first-order valence-corrected chi connectivity index (χ1v) is 5.20. The molecule has 1 saturated heterocycles. The van der Waals surface area contributed by atoms with Gasteiger partial charge < -0.3 is 25.0 Å². The average Bonchev–Trinajstić information content (AvgIpc) is 2.66. The molecule has 0 spiro atoms. The number of anilines is 1. The van der Waals surface area contributed by atoms with E-state index in [4.69, 9.17) is 15.1 Å². The van der Waals surface area contributed by atoms with Crippen molar-refractivity contribution in [3.63, 3.8) is 0 Å². The van der Waals surface area contributed by atoms with E-state index in [1.165, 1.54) is 6.20 Å². The Morgan fingerprint density at radius 3 is 2.72 bits per heavy atom. The van der Waals surface area contributed by atoms with Gasteiger partial charge in [-0.1, -0.05) is 0 Å². The second-order valence-corrected chi connectivity index (χ2v) is 3.88. The average molecular weight is 259 g/mol. The van der Waals surface area contributed by atoms with Crippen molar-refractivity contribution >= 4 is 5.82 Å². The van der Waals surface area contributed by atoms with Crippen LogP contribution in [-0.2, 0) is 4.74 Å². The first kappa shape index (κ1) is 12.9. The molecular formula is C9H13N3O6. The molecule has 0 aromatic carbocycles. The van der Waals surface area contributed by atoms with Crippen LogP contribution in [0.25, 0.3) is 0 Å². The number of aromatic nitrogens is 2. The topological polar surface area (TPSA) is 148 Å². The van der Waals surface area contributed by atoms with Crippen LogP contribution < -0.4 is 11.2 Å². The van der Waals surface area contributed by atoms with Crippen LogP contribution in [0.3, 0.4) is 0 Å². The van der Waals surface area contributed by atoms with Gasteiger partial charge in [-0.2, -0.15) is 4.98 Å². The monoisotopic (exact) mass is 259 g/mol. The first-order chi connectivity index (χ1) is 8.58. The molecule has 0 saturated carbocycles. The molecule has 2 rings (SSSR count). The number of aromatic amines is 1. The van der Waals surface area contributed by atoms with Gasteiger partial charge in [0.05, 0.1) is 6.61 Å². The van der Waals surface area contributed by atoms with Crippen molar-refractivity contribution in [3.8, 4) is 0 Å². The van der Waals surface area contributed by atoms with Crippen LogP contribution in [0, 0.1) is 0 Å². The summed E-state index contributed by atoms with van der Waals surface area (Å²) in [5.41, 5.74) is 1.19. The zero-order valence-electron chi connectivity index (χ0n) is 9.15. The van der Waals surface area contributed by atoms with E-state index in [2.05, 4.69) is 9.97 Å². The number of rotatable bonds is 3. The summed E-state index contributed by atoms with van der Waals surface area (Å²) in [4.78, 5) is 16.7. The van der Waals surface area contributed by atoms with Crippen LogP contribution in [0.4, 0.5) is 5.82 Å². The predicted octanol–water partition coefficient (Wildman–Crippen LogP) is -2.27. The lowest BCUT2D eigenvalue weighted by molar-refractivity contribution is -0.0228. The molecule has 9 heteroatoms. The normalized spacial score (nSPS) is 31.6. The third kappa shape index (κ3) is 2.09. The maximum atomic E-state index is 11.0. The SMILES string of the molecule is O=c1nc(NO)c(C2OC(CO)C(O)C2O)c[nH]1. The number of nitrogens with zero attached hydrogens (tertiary/aromatic N) is 1. The number of hydrogen-bond donors (Lipinski definition) is 6. The zero-order valence-corrected chi connectivity index (χ0v) is 9.15. The van der Waals surface area contributed by atoms with Gasteiger partial charge in [0.15, 0.2) is 5.82 Å². The smallest absolute Gasteiger partial charge is 0.346 e. The molecule has 6 N–H and O–H groups in total. The highest BCUT2D eigenvalue weighted by molar-refractivity contribution is 5.42. The van der Waals surface area contributed by atoms with E-state index in [-0.39, 0.29) is 11.4 Å². The molecule has 0 aliphatic carbocycles. The van der Waals surface area contributed by atoms with Crippen molar-refractivity contribution < 1.29 is 25.3 Å². The third-order valence-electron chi connectivity index (χ3n) is 2.79. The summed E-state index contributed by atoms with van der Waals surface area (Å²) >= 11 is 0. The third-order valence-corrected chi connectivity index (χ3v) is 2.79. The van der Waals surface area contributed by atoms with E-state index < -0.39 is 36.7 Å². The minimum Gasteiger partial charge on any atom is -0.394 e. The highest BCUT2D eigenvalue weighted by Gasteiger charge is 2.44. The second kappa shape index (κ2) is 5.00. The number of H-pyrrole nitrogens is 1. The van der Waals surface area contributed by atoms with Gasteiger partial charge in [-0.05, 0) is 0 Å². The Bertz CT molecular complexity index is 478. The van der Waals surface area contributed by atoms with Crippen molar-refractivity contribution in [2.75, 3.05) is 12.1 Å². The zero-order chi connectivity index (χ0) is 13.3. The molecule has 1 aromatic rings. The lowest BCUT2D eigenvalue weighted by Gasteiger charge is -2.16. The van der Waals surface area contributed by atoms with Gasteiger partial charge in [-0.15, -0.1) is 0 Å². The number of hydrogen-bond acceptors (Lipinski definition) is 8. The van der Waals surface area contributed by atoms with Gasteiger partial charge in [0.25, 0.3) is 0 Å². The lowest BCUT2D eigenvalue weighted by atomic mass is 10.0. The molecular weight excluding hydrogens is 246 g/mol. The summed E-state index contributed by atoms with van der Waals surface area (Å²) in [6, 6.07) is 0. The number of aliphatic hydroxyl groups is 3. The van der Waals surface area contributed by atoms with Crippen LogP contribution in [-0.4, -0.2) is 55.4 Å². The molecule has 4 unspecified atom stereocenters. The largest absolute Gasteiger partial charge is 0.394 e. The van der Waals surface area contributed by atoms with Crippen LogP contribution in [0.15, 0.2) is 11.0 Å². The molecule has 1 fully saturated rings. The van der Waals surface area contributed by atoms with Crippen molar-refractivity contribution in [2.24, 2.45) is 0 Å². The van der Waals surface area contributed by atoms with Gasteiger partial charge in [-0.25, -0.2) is 4.79 Å². The Balaban J connectivity index is 2.35. The molecule has 1 aromatic heterocycles. The molecule has 4 atom stereocenters. The number of aliphatic hydroxyl groups excluding tert-OH is 3. The maximum Gasteiger partial charge on any atom is 0.346 e. The Morgan fingerprint density at radius 2 is 2.17 bits per heavy atom. The summed E-state index contributed by atoms with van der Waals surface area (Å²) in [5.74, 6) is -0.186. The highest BCUT2D eigenvalue weighted by atomic mass is 16.6. The van der Waals surface area contributed by atoms with E-state index >= 15 is 0 Å². The van der Waals surface area contributed by atoms with E-state index in [0.29, 0.717) is 0 Å². The fourth-order valence-electron chi connectivity index (χ4n) is 1.87. The van der Waals surface area contributed by atoms with Gasteiger partial charge in [0.1, 0.15) is 24.4 Å². The quantitative estimate of drug-likeness (QED) is 0.333. The predicted molar refractivity (Wildman–Crippen MR) is 57.0 cm³/mol. The minimum atomic E-state index is -1.30. The second-order valence-electron chi connectivity index (χ2n) is 3.88. The van der Waals surface area contributed by atoms with Crippen molar-refractivity contribution in [2.45, 2.75) is 24.4 Å². The Morgan fingerprint density at radius 1 is 1.44 bits per heavy atom. The molecule has 1 aliphatic rings. The summed E-state index contributed by atoms with van der Waals surface area (Å²) < 4.78 is 5.24. The van der Waals surface area contributed by atoms with Gasteiger partial charge >= 0.3 is 5.69 Å². The summed E-state index contributed by atoms with van der Waals surface area (Å²) in [6.45, 7) is -0.465. The summed E-state index contributed by atoms with van der Waals surface area (Å²) in [6.07, 6.45) is -3.33. The Labute approximate surface area is 101 Å². The molecule has 9 nitrogen and oxygen atoms in total. The summed E-state index contributed by atoms with van der Waals surface area (Å²) in [7, 11) is 0. The van der Waals surface area contributed by atoms with Gasteiger partial charge in [0, 0.05) is 11.8 Å². The maximum absolute atomic E-state index is 11.0. The van der Waals surface area contributed by atoms with Crippen molar-refractivity contribution in [1.82, 2.24) is 9.97 Å². The molecule has 0 amide bonds. The molecule has 0 radical (unpaired) electrons. The molecule has 2 heterocycles. The summed E-state index contributed by atoms with van der Waals surface area (Å²) in [5, 5.41) is 37.2. The number of nitrogens with one attached hydrogen (secondary N) is 2. The van der Waals surface area contributed by atoms with Crippen LogP contribution >= 0.6 is 0 Å². The van der Waals surface area contributed by atoms with Gasteiger partial charge in [0.2, 0.25) is 0 Å². The van der Waals surface area contributed by atoms with Crippen LogP contribution in [0.5, 0.6) is 0 Å². The fourth-order valence-corrected chi connectivity index (χ4v) is 1.87. The van der Waals surface area contributed by atoms with Crippen molar-refractivity contribution in [3.05, 3.63) is 22.2 Å². The molecule has 1 aliphatic heterocycles. The van der Waals surface area contributed by atoms with Gasteiger partial charge in [-0.3, -0.25) is 10.7 Å². The van der Waals surface area contributed by atoms with Crippen molar-refractivity contribution in [1.29, 1.82) is 0 Å². The lowest BCUT2D eigenvalue weighted by Crippen LogP contribution is -2.32. The van der Waals surface area contributed by atoms with Crippen LogP contribution in [0.1, 0.15) is 11.7 Å². The number of ether oxygens (including phenoxy) is 1. The van der Waals surface area contributed by atoms with E-state index in [1.807, 2.05) is 0 Å².